The van der Waals surface area contributed by atoms with Crippen molar-refractivity contribution in [3.05, 3.63) is 64.3 Å². The Bertz CT molecular complexity index is 992. The Morgan fingerprint density at radius 3 is 2.67 bits per heavy atom. The lowest BCUT2D eigenvalue weighted by Crippen LogP contribution is -2.49. The maximum atomic E-state index is 12.6. The topological polar surface area (TPSA) is 92.7 Å². The van der Waals surface area contributed by atoms with E-state index >= 15 is 0 Å². The highest BCUT2D eigenvalue weighted by Gasteiger charge is 2.23. The van der Waals surface area contributed by atoms with Crippen molar-refractivity contribution >= 4 is 28.3 Å². The Kier molecular flexibility index (Phi) is 4.45. The molecule has 1 aromatic heterocycles. The first-order valence-electron chi connectivity index (χ1n) is 8.72. The van der Waals surface area contributed by atoms with Crippen LogP contribution < -0.4 is 4.90 Å². The van der Waals surface area contributed by atoms with Crippen molar-refractivity contribution in [2.75, 3.05) is 31.1 Å². The number of carbonyl (C=O) groups excluding carboxylic acids is 1. The zero-order chi connectivity index (χ0) is 18.8. The fraction of sp³-hybridized carbons (Fsp3) is 0.263. The Morgan fingerprint density at radius 1 is 1.11 bits per heavy atom. The number of piperazine rings is 1. The van der Waals surface area contributed by atoms with Gasteiger partial charge in [-0.1, -0.05) is 23.4 Å². The number of amides is 1. The molecule has 8 heteroatoms. The highest BCUT2D eigenvalue weighted by atomic mass is 16.6. The van der Waals surface area contributed by atoms with E-state index in [-0.39, 0.29) is 18.0 Å². The van der Waals surface area contributed by atoms with Gasteiger partial charge in [-0.25, -0.2) is 0 Å². The third-order valence-corrected chi connectivity index (χ3v) is 4.81. The minimum atomic E-state index is -0.397. The van der Waals surface area contributed by atoms with Crippen molar-refractivity contribution in [2.45, 2.75) is 6.42 Å². The third-order valence-electron chi connectivity index (χ3n) is 4.81. The molecule has 0 spiro atoms. The van der Waals surface area contributed by atoms with Crippen LogP contribution in [0.5, 0.6) is 0 Å². The number of nitro benzene ring substituents is 1. The average molecular weight is 366 g/mol. The summed E-state index contributed by atoms with van der Waals surface area (Å²) in [5.41, 5.74) is 2.20. The number of carbonyl (C=O) groups is 1. The molecule has 27 heavy (non-hydrogen) atoms. The number of non-ortho nitro benzene ring substituents is 1. The van der Waals surface area contributed by atoms with Crippen LogP contribution in [0.1, 0.15) is 5.69 Å². The van der Waals surface area contributed by atoms with Gasteiger partial charge in [0.05, 0.1) is 11.3 Å². The van der Waals surface area contributed by atoms with Crippen LogP contribution in [0.4, 0.5) is 11.4 Å². The van der Waals surface area contributed by atoms with E-state index in [0.717, 1.165) is 11.1 Å². The molecule has 1 aliphatic heterocycles. The van der Waals surface area contributed by atoms with Gasteiger partial charge in [-0.05, 0) is 18.2 Å². The second kappa shape index (κ2) is 7.06. The third kappa shape index (κ3) is 3.46. The summed E-state index contributed by atoms with van der Waals surface area (Å²) in [7, 11) is 0. The number of nitrogens with zero attached hydrogens (tertiary/aromatic N) is 4. The van der Waals surface area contributed by atoms with E-state index in [1.807, 2.05) is 30.3 Å². The smallest absolute Gasteiger partial charge is 0.271 e. The van der Waals surface area contributed by atoms with Gasteiger partial charge in [0, 0.05) is 49.4 Å². The van der Waals surface area contributed by atoms with Crippen molar-refractivity contribution in [3.8, 4) is 0 Å². The zero-order valence-electron chi connectivity index (χ0n) is 14.6. The molecule has 2 aromatic carbocycles. The molecule has 8 nitrogen and oxygen atoms in total. The molecular weight excluding hydrogens is 348 g/mol. The number of nitro groups is 1. The highest BCUT2D eigenvalue weighted by Crippen LogP contribution is 2.23. The van der Waals surface area contributed by atoms with Gasteiger partial charge >= 0.3 is 0 Å². The summed E-state index contributed by atoms with van der Waals surface area (Å²) in [6.45, 7) is 2.40. The molecule has 1 saturated heterocycles. The average Bonchev–Trinajstić information content (AvgIpc) is 3.11. The molecule has 4 rings (SSSR count). The molecule has 0 N–H and O–H groups in total. The lowest BCUT2D eigenvalue weighted by Gasteiger charge is -2.36. The molecule has 2 heterocycles. The zero-order valence-corrected chi connectivity index (χ0v) is 14.6. The molecule has 0 bridgehead atoms. The molecule has 0 saturated carbocycles. The van der Waals surface area contributed by atoms with E-state index in [9.17, 15) is 14.9 Å². The van der Waals surface area contributed by atoms with Gasteiger partial charge in [-0.15, -0.1) is 0 Å². The van der Waals surface area contributed by atoms with Crippen LogP contribution in [-0.4, -0.2) is 47.1 Å². The molecule has 1 aliphatic rings. The van der Waals surface area contributed by atoms with Crippen LogP contribution in [0.15, 0.2) is 53.1 Å². The maximum absolute atomic E-state index is 12.6. The van der Waals surface area contributed by atoms with Crippen LogP contribution in [0.2, 0.25) is 0 Å². The summed E-state index contributed by atoms with van der Waals surface area (Å²) >= 11 is 0. The summed E-state index contributed by atoms with van der Waals surface area (Å²) in [4.78, 5) is 27.0. The summed E-state index contributed by atoms with van der Waals surface area (Å²) in [6.07, 6.45) is 0.202. The number of fused-ring (bicyclic) bond motifs is 1. The van der Waals surface area contributed by atoms with Crippen LogP contribution in [0.3, 0.4) is 0 Å². The standard InChI is InChI=1S/C19H18N4O4/c24-19(13-17-16-6-1-2-7-18(16)27-20-17)22-10-8-21(9-11-22)14-4-3-5-15(12-14)23(25)26/h1-7,12H,8-11,13H2. The van der Waals surface area contributed by atoms with Crippen molar-refractivity contribution in [3.63, 3.8) is 0 Å². The highest BCUT2D eigenvalue weighted by molar-refractivity contribution is 5.86. The fourth-order valence-corrected chi connectivity index (χ4v) is 3.34. The predicted octanol–water partition coefficient (Wildman–Crippen LogP) is 2.63. The first kappa shape index (κ1) is 17.0. The van der Waals surface area contributed by atoms with Gasteiger partial charge in [0.2, 0.25) is 5.91 Å². The van der Waals surface area contributed by atoms with E-state index in [4.69, 9.17) is 4.52 Å². The van der Waals surface area contributed by atoms with Crippen molar-refractivity contribution < 1.29 is 14.2 Å². The quantitative estimate of drug-likeness (QED) is 0.521. The summed E-state index contributed by atoms with van der Waals surface area (Å²) in [5, 5.41) is 15.8. The lowest BCUT2D eigenvalue weighted by molar-refractivity contribution is -0.384. The Hall–Kier alpha value is -3.42. The maximum Gasteiger partial charge on any atom is 0.271 e. The molecule has 0 aliphatic carbocycles. The number of rotatable bonds is 4. The van der Waals surface area contributed by atoms with Crippen LogP contribution in [0, 0.1) is 10.1 Å². The minimum absolute atomic E-state index is 0.00717. The van der Waals surface area contributed by atoms with Gasteiger partial charge in [-0.3, -0.25) is 14.9 Å². The number of anilines is 1. The minimum Gasteiger partial charge on any atom is -0.368 e. The second-order valence-electron chi connectivity index (χ2n) is 6.45. The van der Waals surface area contributed by atoms with E-state index in [0.29, 0.717) is 37.5 Å². The van der Waals surface area contributed by atoms with Crippen molar-refractivity contribution in [1.82, 2.24) is 10.1 Å². The van der Waals surface area contributed by atoms with Gasteiger partial charge in [0.25, 0.3) is 5.69 Å². The molecule has 0 atom stereocenters. The molecule has 3 aromatic rings. The van der Waals surface area contributed by atoms with E-state index < -0.39 is 4.92 Å². The largest absolute Gasteiger partial charge is 0.368 e. The molecule has 138 valence electrons. The Balaban J connectivity index is 1.39. The SMILES string of the molecule is O=C(Cc1noc2ccccc12)N1CCN(c2cccc([N+](=O)[O-])c2)CC1. The number of aromatic nitrogens is 1. The molecular formula is C19H18N4O4. The number of para-hydroxylation sites is 1. The van der Waals surface area contributed by atoms with Crippen LogP contribution in [-0.2, 0) is 11.2 Å². The van der Waals surface area contributed by atoms with Crippen LogP contribution in [0.25, 0.3) is 11.0 Å². The number of hydrogen-bond donors (Lipinski definition) is 0. The van der Waals surface area contributed by atoms with Crippen molar-refractivity contribution in [1.29, 1.82) is 0 Å². The normalized spacial score (nSPS) is 14.5. The first-order chi connectivity index (χ1) is 13.1. The fourth-order valence-electron chi connectivity index (χ4n) is 3.34. The lowest BCUT2D eigenvalue weighted by atomic mass is 10.1. The summed E-state index contributed by atoms with van der Waals surface area (Å²) in [5.74, 6) is 0.00717. The number of benzene rings is 2. The van der Waals surface area contributed by atoms with Gasteiger partial charge in [0.1, 0.15) is 5.69 Å². The number of hydrogen-bond acceptors (Lipinski definition) is 6. The summed E-state index contributed by atoms with van der Waals surface area (Å²) in [6, 6.07) is 14.1. The van der Waals surface area contributed by atoms with Crippen molar-refractivity contribution in [2.24, 2.45) is 0 Å². The molecule has 1 amide bonds. The van der Waals surface area contributed by atoms with E-state index in [1.165, 1.54) is 6.07 Å². The van der Waals surface area contributed by atoms with Gasteiger partial charge in [-0.2, -0.15) is 0 Å². The van der Waals surface area contributed by atoms with E-state index in [1.54, 1.807) is 17.0 Å². The van der Waals surface area contributed by atoms with Gasteiger partial charge < -0.3 is 14.3 Å². The first-order valence-corrected chi connectivity index (χ1v) is 8.72. The Morgan fingerprint density at radius 2 is 1.89 bits per heavy atom. The molecule has 0 radical (unpaired) electrons. The monoisotopic (exact) mass is 366 g/mol. The van der Waals surface area contributed by atoms with Crippen LogP contribution >= 0.6 is 0 Å². The molecule has 1 fully saturated rings. The second-order valence-corrected chi connectivity index (χ2v) is 6.45. The van der Waals surface area contributed by atoms with E-state index in [2.05, 4.69) is 10.1 Å². The Labute approximate surface area is 155 Å². The molecule has 0 unspecified atom stereocenters. The summed E-state index contributed by atoms with van der Waals surface area (Å²) < 4.78 is 5.26. The van der Waals surface area contributed by atoms with Gasteiger partial charge in [0.15, 0.2) is 5.58 Å². The predicted molar refractivity (Wildman–Crippen MR) is 99.6 cm³/mol.